The molecule has 1 amide bonds. The number of aryl methyl sites for hydroxylation is 1. The second-order valence-electron chi connectivity index (χ2n) is 6.52. The predicted octanol–water partition coefficient (Wildman–Crippen LogP) is 2.15. The lowest BCUT2D eigenvalue weighted by atomic mass is 10.0. The molecule has 2 aliphatic heterocycles. The minimum atomic E-state index is -0.487. The molecule has 4 heterocycles. The second-order valence-corrected chi connectivity index (χ2v) is 8.77. The van der Waals surface area contributed by atoms with Crippen molar-refractivity contribution in [1.29, 1.82) is 0 Å². The molecule has 25 heavy (non-hydrogen) atoms. The highest BCUT2D eigenvalue weighted by Gasteiger charge is 2.43. The lowest BCUT2D eigenvalue weighted by molar-refractivity contribution is -0.146. The Kier molecular flexibility index (Phi) is 4.88. The first-order valence-corrected chi connectivity index (χ1v) is 10.0. The largest absolute Gasteiger partial charge is 0.377 e. The van der Waals surface area contributed by atoms with Crippen LogP contribution in [0.2, 0.25) is 0 Å². The van der Waals surface area contributed by atoms with Gasteiger partial charge in [-0.2, -0.15) is 0 Å². The Morgan fingerprint density at radius 1 is 1.36 bits per heavy atom. The van der Waals surface area contributed by atoms with E-state index in [4.69, 9.17) is 9.47 Å². The average molecular weight is 380 g/mol. The average Bonchev–Trinajstić information content (AvgIpc) is 3.21. The third-order valence-corrected chi connectivity index (χ3v) is 6.30. The van der Waals surface area contributed by atoms with Crippen molar-refractivity contribution in [3.63, 3.8) is 0 Å². The molecular weight excluding hydrogens is 358 g/mol. The molecule has 1 atom stereocenters. The summed E-state index contributed by atoms with van der Waals surface area (Å²) in [6.07, 6.45) is 1.83. The van der Waals surface area contributed by atoms with Gasteiger partial charge in [0.1, 0.15) is 17.2 Å². The molecule has 6 nitrogen and oxygen atoms in total. The van der Waals surface area contributed by atoms with E-state index in [1.54, 1.807) is 22.7 Å². The number of carbonyl (C=O) groups is 1. The van der Waals surface area contributed by atoms with Gasteiger partial charge < -0.3 is 9.47 Å². The molecule has 0 aromatic carbocycles. The number of carbonyl (C=O) groups excluding carboxylic acids is 1. The third-order valence-electron chi connectivity index (χ3n) is 4.51. The maximum atomic E-state index is 12.4. The molecule has 134 valence electrons. The van der Waals surface area contributed by atoms with Crippen LogP contribution in [0.1, 0.15) is 9.88 Å². The lowest BCUT2D eigenvalue weighted by Crippen LogP contribution is -2.60. The fraction of sp³-hybridized carbons (Fsp3) is 0.529. The number of ether oxygens (including phenoxy) is 2. The van der Waals surface area contributed by atoms with Gasteiger partial charge in [-0.05, 0) is 19.1 Å². The Balaban J connectivity index is 1.53. The van der Waals surface area contributed by atoms with Crippen LogP contribution < -0.4 is 4.90 Å². The van der Waals surface area contributed by atoms with Crippen molar-refractivity contribution < 1.29 is 14.3 Å². The van der Waals surface area contributed by atoms with Gasteiger partial charge in [-0.15, -0.1) is 22.7 Å². The van der Waals surface area contributed by atoms with E-state index in [-0.39, 0.29) is 12.5 Å². The number of hydrogen-bond acceptors (Lipinski definition) is 7. The van der Waals surface area contributed by atoms with Gasteiger partial charge in [-0.1, -0.05) is 0 Å². The van der Waals surface area contributed by atoms with Crippen molar-refractivity contribution in [3.8, 4) is 0 Å². The molecule has 2 fully saturated rings. The number of rotatable bonds is 3. The quantitative estimate of drug-likeness (QED) is 0.818. The summed E-state index contributed by atoms with van der Waals surface area (Å²) in [6, 6.07) is 4.07. The summed E-state index contributed by atoms with van der Waals surface area (Å²) in [5.41, 5.74) is -0.487. The number of anilines is 1. The maximum Gasteiger partial charge on any atom is 0.253 e. The summed E-state index contributed by atoms with van der Waals surface area (Å²) in [5.74, 6) is 0.0168. The topological polar surface area (TPSA) is 54.9 Å². The molecule has 2 aromatic heterocycles. The van der Waals surface area contributed by atoms with Crippen molar-refractivity contribution in [2.24, 2.45) is 0 Å². The van der Waals surface area contributed by atoms with Crippen LogP contribution in [0.25, 0.3) is 0 Å². The van der Waals surface area contributed by atoms with Gasteiger partial charge in [-0.3, -0.25) is 14.6 Å². The van der Waals surface area contributed by atoms with E-state index < -0.39 is 5.60 Å². The second kappa shape index (κ2) is 7.13. The first-order chi connectivity index (χ1) is 12.1. The molecule has 0 unspecified atom stereocenters. The molecular formula is C17H21N3O3S2. The van der Waals surface area contributed by atoms with E-state index in [1.165, 1.54) is 4.88 Å². The molecule has 8 heteroatoms. The first-order valence-electron chi connectivity index (χ1n) is 8.33. The van der Waals surface area contributed by atoms with Gasteiger partial charge in [0.05, 0.1) is 31.3 Å². The Bertz CT molecular complexity index is 733. The smallest absolute Gasteiger partial charge is 0.253 e. The monoisotopic (exact) mass is 379 g/mol. The van der Waals surface area contributed by atoms with Crippen LogP contribution >= 0.6 is 22.7 Å². The third kappa shape index (κ3) is 3.78. The van der Waals surface area contributed by atoms with E-state index in [1.807, 2.05) is 28.6 Å². The molecule has 0 aliphatic carbocycles. The van der Waals surface area contributed by atoms with E-state index in [9.17, 15) is 4.79 Å². The molecule has 2 saturated heterocycles. The summed E-state index contributed by atoms with van der Waals surface area (Å²) in [6.45, 7) is 6.23. The summed E-state index contributed by atoms with van der Waals surface area (Å²) < 4.78 is 11.9. The fourth-order valence-corrected chi connectivity index (χ4v) is 4.84. The molecule has 0 bridgehead atoms. The molecule has 2 aliphatic rings. The van der Waals surface area contributed by atoms with Crippen LogP contribution in [0.3, 0.4) is 0 Å². The normalized spacial score (nSPS) is 25.5. The maximum absolute atomic E-state index is 12.4. The highest BCUT2D eigenvalue weighted by atomic mass is 32.1. The lowest BCUT2D eigenvalue weighted by Gasteiger charge is -2.42. The minimum absolute atomic E-state index is 0.0168. The van der Waals surface area contributed by atoms with E-state index in [0.717, 1.165) is 29.6 Å². The zero-order valence-electron chi connectivity index (χ0n) is 14.1. The van der Waals surface area contributed by atoms with Crippen LogP contribution in [-0.2, 0) is 20.8 Å². The van der Waals surface area contributed by atoms with Gasteiger partial charge in [0, 0.05) is 29.5 Å². The van der Waals surface area contributed by atoms with Gasteiger partial charge in [-0.25, -0.2) is 4.98 Å². The summed E-state index contributed by atoms with van der Waals surface area (Å²) in [5, 5.41) is 4.08. The van der Waals surface area contributed by atoms with E-state index >= 15 is 0 Å². The van der Waals surface area contributed by atoms with Crippen LogP contribution in [0.4, 0.5) is 5.00 Å². The zero-order valence-corrected chi connectivity index (χ0v) is 15.8. The number of morpholine rings is 1. The molecule has 0 N–H and O–H groups in total. The Morgan fingerprint density at radius 3 is 3.04 bits per heavy atom. The Morgan fingerprint density at radius 2 is 2.28 bits per heavy atom. The van der Waals surface area contributed by atoms with Crippen LogP contribution in [0.15, 0.2) is 23.7 Å². The van der Waals surface area contributed by atoms with Crippen molar-refractivity contribution in [1.82, 2.24) is 9.88 Å². The van der Waals surface area contributed by atoms with Gasteiger partial charge in [0.2, 0.25) is 0 Å². The van der Waals surface area contributed by atoms with E-state index in [0.29, 0.717) is 19.8 Å². The highest BCUT2D eigenvalue weighted by Crippen LogP contribution is 2.32. The molecule has 0 radical (unpaired) electrons. The number of hydrogen-bond donors (Lipinski definition) is 0. The van der Waals surface area contributed by atoms with Gasteiger partial charge in [0.15, 0.2) is 0 Å². The van der Waals surface area contributed by atoms with Crippen molar-refractivity contribution >= 4 is 33.6 Å². The fourth-order valence-electron chi connectivity index (χ4n) is 3.31. The van der Waals surface area contributed by atoms with Crippen molar-refractivity contribution in [3.05, 3.63) is 33.6 Å². The standard InChI is InChI=1S/C17H21N3O3S2/c1-13-2-3-16(25-13)20-11-17(23-9-15(20)21)10-19(5-6-22-12-17)8-14-18-4-7-24-14/h2-4,7H,5-6,8-12H2,1H3/t17-/m0/s1. The highest BCUT2D eigenvalue weighted by molar-refractivity contribution is 7.16. The summed E-state index contributed by atoms with van der Waals surface area (Å²) in [7, 11) is 0. The first kappa shape index (κ1) is 17.1. The Labute approximate surface area is 155 Å². The number of amides is 1. The van der Waals surface area contributed by atoms with E-state index in [2.05, 4.69) is 16.8 Å². The summed E-state index contributed by atoms with van der Waals surface area (Å²) in [4.78, 5) is 22.2. The van der Waals surface area contributed by atoms with Crippen LogP contribution in [0, 0.1) is 6.92 Å². The molecule has 0 saturated carbocycles. The number of aromatic nitrogens is 1. The number of thiazole rings is 1. The zero-order chi connectivity index (χ0) is 17.3. The molecule has 4 rings (SSSR count). The van der Waals surface area contributed by atoms with Crippen LogP contribution in [-0.4, -0.2) is 60.8 Å². The van der Waals surface area contributed by atoms with Gasteiger partial charge >= 0.3 is 0 Å². The van der Waals surface area contributed by atoms with Crippen LogP contribution in [0.5, 0.6) is 0 Å². The number of nitrogens with zero attached hydrogens (tertiary/aromatic N) is 3. The summed E-state index contributed by atoms with van der Waals surface area (Å²) >= 11 is 3.30. The minimum Gasteiger partial charge on any atom is -0.377 e. The molecule has 2 aromatic rings. The molecule has 1 spiro atoms. The Hall–Kier alpha value is -1.32. The van der Waals surface area contributed by atoms with Crippen molar-refractivity contribution in [2.75, 3.05) is 44.4 Å². The van der Waals surface area contributed by atoms with Gasteiger partial charge in [0.25, 0.3) is 5.91 Å². The number of thiophene rings is 1. The predicted molar refractivity (Wildman–Crippen MR) is 98.3 cm³/mol. The SMILES string of the molecule is Cc1ccc(N2C[C@@]3(COCCN(Cc4nccs4)C3)OCC2=O)s1. The van der Waals surface area contributed by atoms with Crippen molar-refractivity contribution in [2.45, 2.75) is 19.1 Å².